The summed E-state index contributed by atoms with van der Waals surface area (Å²) in [6.45, 7) is 3.98. The van der Waals surface area contributed by atoms with Gasteiger partial charge in [0.1, 0.15) is 6.10 Å². The number of benzene rings is 2. The van der Waals surface area contributed by atoms with Crippen LogP contribution in [-0.2, 0) is 14.3 Å². The molecule has 2 aromatic carbocycles. The van der Waals surface area contributed by atoms with Crippen molar-refractivity contribution in [2.24, 2.45) is 23.7 Å². The van der Waals surface area contributed by atoms with E-state index in [4.69, 9.17) is 4.74 Å². The first-order valence-corrected chi connectivity index (χ1v) is 10.4. The fourth-order valence-corrected chi connectivity index (χ4v) is 5.54. The fourth-order valence-electron chi connectivity index (χ4n) is 5.54. The highest BCUT2D eigenvalue weighted by atomic mass is 16.6. The lowest BCUT2D eigenvalue weighted by Gasteiger charge is -2.23. The van der Waals surface area contributed by atoms with E-state index in [0.29, 0.717) is 11.3 Å². The average Bonchev–Trinajstić information content (AvgIpc) is 3.30. The number of rotatable bonds is 4. The first-order valence-electron chi connectivity index (χ1n) is 10.4. The molecule has 2 saturated carbocycles. The van der Waals surface area contributed by atoms with Crippen LogP contribution in [-0.4, -0.2) is 23.9 Å². The van der Waals surface area contributed by atoms with E-state index in [1.165, 1.54) is 0 Å². The summed E-state index contributed by atoms with van der Waals surface area (Å²) in [4.78, 5) is 37.5. The van der Waals surface area contributed by atoms with Crippen molar-refractivity contribution < 1.29 is 19.1 Å². The number of nitrogens with one attached hydrogen (secondary N) is 2. The van der Waals surface area contributed by atoms with Crippen molar-refractivity contribution in [2.75, 3.05) is 10.6 Å². The van der Waals surface area contributed by atoms with E-state index in [1.807, 2.05) is 26.0 Å². The van der Waals surface area contributed by atoms with Crippen molar-refractivity contribution in [3.63, 3.8) is 0 Å². The zero-order valence-corrected chi connectivity index (χ0v) is 17.0. The molecule has 0 unspecified atom stereocenters. The molecule has 0 spiro atoms. The molecule has 0 aromatic heterocycles. The third kappa shape index (κ3) is 3.16. The van der Waals surface area contributed by atoms with Crippen molar-refractivity contribution in [1.29, 1.82) is 0 Å². The van der Waals surface area contributed by atoms with Gasteiger partial charge in [0.15, 0.2) is 0 Å². The standard InChI is InChI=1S/C24H24N2O4/c1-12-7-13(2)9-17(8-12)26-22(27)14-3-5-16(6-4-14)25-23(28)20-15-10-18-19(11-15)30-24(29)21(18)20/h3-9,15,18-21H,10-11H2,1-2H3,(H,25,28)(H,26,27)/t15-,18+,19-,20-,21+/m1/s1. The number of carbonyl (C=O) groups is 3. The molecule has 6 nitrogen and oxygen atoms in total. The van der Waals surface area contributed by atoms with Crippen molar-refractivity contribution in [3.8, 4) is 0 Å². The molecular weight excluding hydrogens is 380 g/mol. The van der Waals surface area contributed by atoms with Gasteiger partial charge in [-0.2, -0.15) is 0 Å². The normalized spacial score (nSPS) is 28.3. The zero-order valence-electron chi connectivity index (χ0n) is 17.0. The van der Waals surface area contributed by atoms with Crippen LogP contribution in [0.3, 0.4) is 0 Å². The quantitative estimate of drug-likeness (QED) is 0.761. The second-order valence-corrected chi connectivity index (χ2v) is 8.82. The van der Waals surface area contributed by atoms with Crippen LogP contribution in [0.5, 0.6) is 0 Å². The molecule has 30 heavy (non-hydrogen) atoms. The van der Waals surface area contributed by atoms with Gasteiger partial charge in [-0.3, -0.25) is 14.4 Å². The minimum absolute atomic E-state index is 0.0199. The Balaban J connectivity index is 1.25. The Bertz CT molecular complexity index is 1020. The lowest BCUT2D eigenvalue weighted by molar-refractivity contribution is -0.145. The minimum Gasteiger partial charge on any atom is -0.462 e. The molecule has 1 aliphatic heterocycles. The number of fused-ring (bicyclic) bond motifs is 1. The van der Waals surface area contributed by atoms with Gasteiger partial charge >= 0.3 is 5.97 Å². The number of ether oxygens (including phenoxy) is 1. The van der Waals surface area contributed by atoms with Gasteiger partial charge in [-0.15, -0.1) is 0 Å². The van der Waals surface area contributed by atoms with E-state index >= 15 is 0 Å². The minimum atomic E-state index is -0.311. The molecule has 2 aromatic rings. The van der Waals surface area contributed by atoms with Gasteiger partial charge in [-0.05, 0) is 80.1 Å². The van der Waals surface area contributed by atoms with E-state index in [2.05, 4.69) is 16.7 Å². The molecule has 2 amide bonds. The van der Waals surface area contributed by atoms with E-state index in [0.717, 1.165) is 29.7 Å². The predicted octanol–water partition coefficient (Wildman–Crippen LogP) is 3.69. The Morgan fingerprint density at radius 2 is 1.63 bits per heavy atom. The monoisotopic (exact) mass is 404 g/mol. The van der Waals surface area contributed by atoms with Crippen LogP contribution < -0.4 is 10.6 Å². The van der Waals surface area contributed by atoms with Gasteiger partial charge in [-0.1, -0.05) is 6.07 Å². The van der Waals surface area contributed by atoms with E-state index in [9.17, 15) is 14.4 Å². The highest BCUT2D eigenvalue weighted by Gasteiger charge is 2.63. The average molecular weight is 404 g/mol. The van der Waals surface area contributed by atoms with Crippen molar-refractivity contribution in [3.05, 3.63) is 59.2 Å². The van der Waals surface area contributed by atoms with Crippen molar-refractivity contribution in [1.82, 2.24) is 0 Å². The predicted molar refractivity (Wildman–Crippen MR) is 112 cm³/mol. The van der Waals surface area contributed by atoms with E-state index in [1.54, 1.807) is 24.3 Å². The molecule has 1 saturated heterocycles. The lowest BCUT2D eigenvalue weighted by atomic mass is 9.79. The molecular formula is C24H24N2O4. The zero-order chi connectivity index (χ0) is 21.0. The van der Waals surface area contributed by atoms with Crippen LogP contribution in [0.2, 0.25) is 0 Å². The number of esters is 1. The number of hydrogen-bond donors (Lipinski definition) is 2. The largest absolute Gasteiger partial charge is 0.462 e. The summed E-state index contributed by atoms with van der Waals surface area (Å²) in [6.07, 6.45) is 1.71. The molecule has 1 heterocycles. The molecule has 2 bridgehead atoms. The fraction of sp³-hybridized carbons (Fsp3) is 0.375. The Kier molecular flexibility index (Phi) is 4.38. The van der Waals surface area contributed by atoms with E-state index in [-0.39, 0.29) is 47.6 Å². The van der Waals surface area contributed by atoms with Gasteiger partial charge in [0, 0.05) is 22.9 Å². The van der Waals surface area contributed by atoms with Crippen LogP contribution in [0.25, 0.3) is 0 Å². The first kappa shape index (κ1) is 18.9. The Morgan fingerprint density at radius 1 is 0.933 bits per heavy atom. The number of anilines is 2. The highest BCUT2D eigenvalue weighted by molar-refractivity contribution is 6.05. The summed E-state index contributed by atoms with van der Waals surface area (Å²) in [5.74, 6) is -0.731. The summed E-state index contributed by atoms with van der Waals surface area (Å²) in [5.41, 5.74) is 4.05. The second-order valence-electron chi connectivity index (χ2n) is 8.82. The third-order valence-corrected chi connectivity index (χ3v) is 6.68. The van der Waals surface area contributed by atoms with Gasteiger partial charge in [-0.25, -0.2) is 0 Å². The number of aryl methyl sites for hydroxylation is 2. The number of hydrogen-bond acceptors (Lipinski definition) is 4. The third-order valence-electron chi connectivity index (χ3n) is 6.68. The Hall–Kier alpha value is -3.15. The van der Waals surface area contributed by atoms with Crippen LogP contribution >= 0.6 is 0 Å². The van der Waals surface area contributed by atoms with Crippen LogP contribution in [0.4, 0.5) is 11.4 Å². The summed E-state index contributed by atoms with van der Waals surface area (Å²) >= 11 is 0. The molecule has 2 aliphatic carbocycles. The van der Waals surface area contributed by atoms with Crippen LogP contribution in [0.1, 0.15) is 34.3 Å². The van der Waals surface area contributed by atoms with Gasteiger partial charge in [0.05, 0.1) is 11.8 Å². The van der Waals surface area contributed by atoms with Crippen molar-refractivity contribution in [2.45, 2.75) is 32.8 Å². The summed E-state index contributed by atoms with van der Waals surface area (Å²) in [6, 6.07) is 12.7. The Morgan fingerprint density at radius 3 is 2.33 bits per heavy atom. The molecule has 5 rings (SSSR count). The number of carbonyl (C=O) groups excluding carboxylic acids is 3. The maximum absolute atomic E-state index is 12.9. The van der Waals surface area contributed by atoms with Gasteiger partial charge in [0.2, 0.25) is 5.91 Å². The summed E-state index contributed by atoms with van der Waals surface area (Å²) < 4.78 is 5.41. The topological polar surface area (TPSA) is 84.5 Å². The molecule has 3 aliphatic rings. The van der Waals surface area contributed by atoms with Gasteiger partial charge in [0.25, 0.3) is 5.91 Å². The Labute approximate surface area is 175 Å². The van der Waals surface area contributed by atoms with Gasteiger partial charge < -0.3 is 15.4 Å². The lowest BCUT2D eigenvalue weighted by Crippen LogP contribution is -2.35. The molecule has 5 atom stereocenters. The maximum Gasteiger partial charge on any atom is 0.310 e. The SMILES string of the molecule is Cc1cc(C)cc(NC(=O)c2ccc(NC(=O)[C@@H]3[C@@H]4C[C@@H]5[C@@H]3C(=O)O[C@@H]5C4)cc2)c1. The molecule has 6 heteroatoms. The van der Waals surface area contributed by atoms with E-state index < -0.39 is 0 Å². The first-order chi connectivity index (χ1) is 14.4. The summed E-state index contributed by atoms with van der Waals surface area (Å²) in [7, 11) is 0. The molecule has 154 valence electrons. The molecule has 0 radical (unpaired) electrons. The van der Waals surface area contributed by atoms with Crippen molar-refractivity contribution >= 4 is 29.2 Å². The smallest absolute Gasteiger partial charge is 0.310 e. The number of amides is 2. The maximum atomic E-state index is 12.9. The molecule has 2 N–H and O–H groups in total. The highest BCUT2D eigenvalue weighted by Crippen LogP contribution is 2.57. The summed E-state index contributed by atoms with van der Waals surface area (Å²) in [5, 5.41) is 5.83. The van der Waals surface area contributed by atoms with Crippen LogP contribution in [0.15, 0.2) is 42.5 Å². The second kappa shape index (κ2) is 6.97. The molecule has 3 fully saturated rings. The van der Waals surface area contributed by atoms with Crippen LogP contribution in [0, 0.1) is 37.5 Å².